The van der Waals surface area contributed by atoms with Gasteiger partial charge in [-0.3, -0.25) is 0 Å². The monoisotopic (exact) mass is 405 g/mol. The van der Waals surface area contributed by atoms with Crippen molar-refractivity contribution in [3.63, 3.8) is 0 Å². The lowest BCUT2D eigenvalue weighted by molar-refractivity contribution is 0.194. The second kappa shape index (κ2) is 8.83. The summed E-state index contributed by atoms with van der Waals surface area (Å²) in [7, 11) is 1.60. The molecule has 0 aliphatic carbocycles. The molecule has 6 nitrogen and oxygen atoms in total. The van der Waals surface area contributed by atoms with E-state index < -0.39 is 12.0 Å². The first-order chi connectivity index (χ1) is 13.1. The number of thiazole rings is 1. The minimum absolute atomic E-state index is 0.237. The second-order valence-corrected chi connectivity index (χ2v) is 7.77. The first kappa shape index (κ1) is 19.1. The summed E-state index contributed by atoms with van der Waals surface area (Å²) in [4.78, 5) is 19.8. The van der Waals surface area contributed by atoms with Crippen LogP contribution in [-0.4, -0.2) is 34.8 Å². The van der Waals surface area contributed by atoms with Crippen LogP contribution in [0.1, 0.15) is 5.01 Å². The standard InChI is InChI=1S/C18H16FN3O3S2/c1-25-11-4-2-5-12(10-11)26-17-15(13-6-3-8-20-16(13)19)22-14(27-17)7-9-21-18(23)24/h2-6,8,10,21H,7,9H2,1H3,(H,23,24). The second-order valence-electron chi connectivity index (χ2n) is 5.35. The number of pyridine rings is 1. The summed E-state index contributed by atoms with van der Waals surface area (Å²) in [5, 5.41) is 11.7. The van der Waals surface area contributed by atoms with Crippen molar-refractivity contribution in [1.29, 1.82) is 0 Å². The van der Waals surface area contributed by atoms with Gasteiger partial charge in [-0.15, -0.1) is 11.3 Å². The minimum Gasteiger partial charge on any atom is -0.497 e. The van der Waals surface area contributed by atoms with Crippen LogP contribution in [0, 0.1) is 5.95 Å². The predicted molar refractivity (Wildman–Crippen MR) is 102 cm³/mol. The molecule has 0 saturated heterocycles. The normalized spacial score (nSPS) is 10.6. The molecular formula is C18H16FN3O3S2. The lowest BCUT2D eigenvalue weighted by atomic mass is 10.2. The molecule has 3 aromatic rings. The molecule has 27 heavy (non-hydrogen) atoms. The maximum Gasteiger partial charge on any atom is 0.404 e. The SMILES string of the molecule is COc1cccc(Sc2sc(CCNC(=O)O)nc2-c2cccnc2F)c1. The quantitative estimate of drug-likeness (QED) is 0.570. The Morgan fingerprint density at radius 1 is 1.37 bits per heavy atom. The highest BCUT2D eigenvalue weighted by Crippen LogP contribution is 2.41. The average Bonchev–Trinajstić information content (AvgIpc) is 3.04. The number of rotatable bonds is 7. The molecule has 0 bridgehead atoms. The molecule has 1 amide bonds. The molecule has 2 heterocycles. The number of nitrogens with one attached hydrogen (secondary N) is 1. The molecule has 0 fully saturated rings. The summed E-state index contributed by atoms with van der Waals surface area (Å²) in [6, 6.07) is 10.8. The number of hydrogen-bond donors (Lipinski definition) is 2. The zero-order chi connectivity index (χ0) is 19.2. The Labute approximate surface area is 163 Å². The topological polar surface area (TPSA) is 84.3 Å². The number of methoxy groups -OCH3 is 1. The van der Waals surface area contributed by atoms with E-state index in [9.17, 15) is 9.18 Å². The zero-order valence-electron chi connectivity index (χ0n) is 14.3. The molecule has 3 rings (SSSR count). The van der Waals surface area contributed by atoms with Gasteiger partial charge in [0.15, 0.2) is 0 Å². The van der Waals surface area contributed by atoms with Gasteiger partial charge >= 0.3 is 6.09 Å². The van der Waals surface area contributed by atoms with Crippen LogP contribution in [0.2, 0.25) is 0 Å². The molecule has 9 heteroatoms. The van der Waals surface area contributed by atoms with Crippen LogP contribution < -0.4 is 10.1 Å². The fraction of sp³-hybridized carbons (Fsp3) is 0.167. The Bertz CT molecular complexity index is 949. The largest absolute Gasteiger partial charge is 0.497 e. The molecule has 0 aliphatic rings. The first-order valence-electron chi connectivity index (χ1n) is 7.96. The molecule has 0 aliphatic heterocycles. The van der Waals surface area contributed by atoms with E-state index in [4.69, 9.17) is 9.84 Å². The van der Waals surface area contributed by atoms with Crippen LogP contribution in [0.25, 0.3) is 11.3 Å². The highest BCUT2D eigenvalue weighted by molar-refractivity contribution is 8.01. The third-order valence-electron chi connectivity index (χ3n) is 3.52. The van der Waals surface area contributed by atoms with Gasteiger partial charge in [0.2, 0.25) is 5.95 Å². The van der Waals surface area contributed by atoms with Crippen molar-refractivity contribution in [2.45, 2.75) is 15.5 Å². The first-order valence-corrected chi connectivity index (χ1v) is 9.59. The van der Waals surface area contributed by atoms with Crippen LogP contribution in [0.3, 0.4) is 0 Å². The maximum absolute atomic E-state index is 14.2. The number of ether oxygens (including phenoxy) is 1. The van der Waals surface area contributed by atoms with E-state index in [-0.39, 0.29) is 6.54 Å². The Morgan fingerprint density at radius 3 is 2.96 bits per heavy atom. The van der Waals surface area contributed by atoms with Gasteiger partial charge in [0, 0.05) is 24.1 Å². The van der Waals surface area contributed by atoms with Crippen molar-refractivity contribution in [2.75, 3.05) is 13.7 Å². The number of halogens is 1. The molecule has 2 aromatic heterocycles. The van der Waals surface area contributed by atoms with Gasteiger partial charge in [-0.25, -0.2) is 14.8 Å². The van der Waals surface area contributed by atoms with E-state index in [1.165, 1.54) is 29.3 Å². The van der Waals surface area contributed by atoms with E-state index in [0.29, 0.717) is 22.7 Å². The van der Waals surface area contributed by atoms with Gasteiger partial charge in [-0.05, 0) is 30.3 Å². The van der Waals surface area contributed by atoms with E-state index >= 15 is 0 Å². The van der Waals surface area contributed by atoms with Crippen LogP contribution in [0.4, 0.5) is 9.18 Å². The van der Waals surface area contributed by atoms with Crippen LogP contribution in [0.15, 0.2) is 51.7 Å². The van der Waals surface area contributed by atoms with Gasteiger partial charge in [0.25, 0.3) is 0 Å². The van der Waals surface area contributed by atoms with Crippen molar-refractivity contribution in [1.82, 2.24) is 15.3 Å². The van der Waals surface area contributed by atoms with Crippen LogP contribution >= 0.6 is 23.1 Å². The van der Waals surface area contributed by atoms with Crippen molar-refractivity contribution < 1.29 is 19.0 Å². The van der Waals surface area contributed by atoms with E-state index in [2.05, 4.69) is 15.3 Å². The Morgan fingerprint density at radius 2 is 2.22 bits per heavy atom. The highest BCUT2D eigenvalue weighted by Gasteiger charge is 2.18. The molecular weight excluding hydrogens is 389 g/mol. The smallest absolute Gasteiger partial charge is 0.404 e. The molecule has 140 valence electrons. The summed E-state index contributed by atoms with van der Waals surface area (Å²) in [6.07, 6.45) is 0.721. The molecule has 0 radical (unpaired) electrons. The molecule has 0 saturated carbocycles. The lowest BCUT2D eigenvalue weighted by Crippen LogP contribution is -2.23. The van der Waals surface area contributed by atoms with Crippen LogP contribution in [-0.2, 0) is 6.42 Å². The minimum atomic E-state index is -1.09. The van der Waals surface area contributed by atoms with Crippen molar-refractivity contribution >= 4 is 29.2 Å². The molecule has 0 spiro atoms. The number of carboxylic acid groups (broad SMARTS) is 1. The summed E-state index contributed by atoms with van der Waals surface area (Å²) in [5.74, 6) is 0.134. The van der Waals surface area contributed by atoms with Crippen molar-refractivity contribution in [3.8, 4) is 17.0 Å². The van der Waals surface area contributed by atoms with Gasteiger partial charge in [0.1, 0.15) is 11.4 Å². The van der Waals surface area contributed by atoms with E-state index in [1.807, 2.05) is 24.3 Å². The Balaban J connectivity index is 1.93. The Kier molecular flexibility index (Phi) is 6.25. The fourth-order valence-corrected chi connectivity index (χ4v) is 4.64. The van der Waals surface area contributed by atoms with E-state index in [0.717, 1.165) is 14.9 Å². The van der Waals surface area contributed by atoms with E-state index in [1.54, 1.807) is 19.2 Å². The summed E-state index contributed by atoms with van der Waals surface area (Å²) in [5.41, 5.74) is 0.820. The third-order valence-corrected chi connectivity index (χ3v) is 5.80. The maximum atomic E-state index is 14.2. The summed E-state index contributed by atoms with van der Waals surface area (Å²) in [6.45, 7) is 0.237. The lowest BCUT2D eigenvalue weighted by Gasteiger charge is -2.05. The number of benzene rings is 1. The van der Waals surface area contributed by atoms with Crippen LogP contribution in [0.5, 0.6) is 5.75 Å². The van der Waals surface area contributed by atoms with Gasteiger partial charge < -0.3 is 15.2 Å². The summed E-state index contributed by atoms with van der Waals surface area (Å²) >= 11 is 2.86. The Hall–Kier alpha value is -2.65. The molecule has 0 atom stereocenters. The van der Waals surface area contributed by atoms with Gasteiger partial charge in [0.05, 0.1) is 21.9 Å². The van der Waals surface area contributed by atoms with Gasteiger partial charge in [-0.2, -0.15) is 4.39 Å². The average molecular weight is 405 g/mol. The number of aromatic nitrogens is 2. The zero-order valence-corrected chi connectivity index (χ0v) is 15.9. The molecule has 2 N–H and O–H groups in total. The fourth-order valence-electron chi connectivity index (χ4n) is 2.31. The molecule has 1 aromatic carbocycles. The predicted octanol–water partition coefficient (Wildman–Crippen LogP) is 4.31. The summed E-state index contributed by atoms with van der Waals surface area (Å²) < 4.78 is 20.3. The third kappa shape index (κ3) is 4.95. The highest BCUT2D eigenvalue weighted by atomic mass is 32.2. The number of amides is 1. The van der Waals surface area contributed by atoms with Crippen molar-refractivity contribution in [2.24, 2.45) is 0 Å². The van der Waals surface area contributed by atoms with Crippen molar-refractivity contribution in [3.05, 3.63) is 53.6 Å². The number of hydrogen-bond acceptors (Lipinski definition) is 6. The van der Waals surface area contributed by atoms with Gasteiger partial charge in [-0.1, -0.05) is 17.8 Å². The molecule has 0 unspecified atom stereocenters. The number of carbonyl (C=O) groups is 1. The number of nitrogens with zero attached hydrogens (tertiary/aromatic N) is 2.